The molecule has 0 radical (unpaired) electrons. The molecule has 0 spiro atoms. The van der Waals surface area contributed by atoms with Crippen molar-refractivity contribution in [2.24, 2.45) is 0 Å². The lowest BCUT2D eigenvalue weighted by atomic mass is 13.9. The summed E-state index contributed by atoms with van der Waals surface area (Å²) < 4.78 is 2.68. The van der Waals surface area contributed by atoms with E-state index in [4.69, 9.17) is 33.2 Å². The Kier molecular flexibility index (Phi) is 3.08. The van der Waals surface area contributed by atoms with E-state index in [0.29, 0.717) is 0 Å². The largest absolute Gasteiger partial charge is 0.414 e. The highest BCUT2D eigenvalue weighted by Gasteiger charge is 2.20. The molecule has 6 heteroatoms. The highest BCUT2D eigenvalue weighted by atomic mass is 35.8. The third kappa shape index (κ3) is 5.26. The first kappa shape index (κ1) is 7.26. The normalized spacial score (nSPS) is 12.5. The van der Waals surface area contributed by atoms with Crippen molar-refractivity contribution < 1.29 is 0 Å². The summed E-state index contributed by atoms with van der Waals surface area (Å²) in [4.78, 5) is 0. The lowest BCUT2D eigenvalue weighted by Gasteiger charge is -2.00. The van der Waals surface area contributed by atoms with E-state index >= 15 is 0 Å². The van der Waals surface area contributed by atoms with Crippen LogP contribution in [0.5, 0.6) is 0 Å². The molecule has 0 aromatic heterocycles. The molecule has 0 aliphatic heterocycles. The molecule has 0 unspecified atom stereocenters. The van der Waals surface area contributed by atoms with Gasteiger partial charge < -0.3 is 4.65 Å². The van der Waals surface area contributed by atoms with Crippen molar-refractivity contribution in [1.82, 2.24) is 4.65 Å². The topological polar surface area (TPSA) is 12.0 Å². The highest BCUT2D eigenvalue weighted by Crippen LogP contribution is 2.13. The molecule has 0 rings (SSSR count). The van der Waals surface area contributed by atoms with Crippen LogP contribution in [0.15, 0.2) is 0 Å². The van der Waals surface area contributed by atoms with Gasteiger partial charge in [-0.3, -0.25) is 0 Å². The van der Waals surface area contributed by atoms with E-state index < -0.39 is 6.16 Å². The average Bonchev–Trinajstić information content (AvgIpc) is 1.35. The fourth-order valence-electron chi connectivity index (χ4n) is 0. The van der Waals surface area contributed by atoms with Crippen LogP contribution in [-0.2, 0) is 0 Å². The lowest BCUT2D eigenvalue weighted by Crippen LogP contribution is -2.31. The Morgan fingerprint density at radius 3 is 1.50 bits per heavy atom. The van der Waals surface area contributed by atoms with Crippen LogP contribution in [0.2, 0.25) is 0 Å². The molecule has 0 aromatic rings. The lowest BCUT2D eigenvalue weighted by molar-refractivity contribution is 1.64. The van der Waals surface area contributed by atoms with E-state index in [0.717, 1.165) is 10.4 Å². The Morgan fingerprint density at radius 1 is 1.33 bits per heavy atom. The summed E-state index contributed by atoms with van der Waals surface area (Å²) in [7, 11) is 0.764. The molecular formula is H4Cl3NSi2. The van der Waals surface area contributed by atoms with Gasteiger partial charge in [0.05, 0.1) is 10.4 Å². The van der Waals surface area contributed by atoms with Crippen LogP contribution in [0, 0.1) is 0 Å². The average molecular weight is 181 g/mol. The zero-order chi connectivity index (χ0) is 5.21. The molecule has 1 nitrogen and oxygen atoms in total. The smallest absolute Gasteiger partial charge is 0.331 e. The van der Waals surface area contributed by atoms with Crippen LogP contribution in [0.1, 0.15) is 0 Å². The molecule has 6 heavy (non-hydrogen) atoms. The molecule has 0 amide bonds. The first-order valence-electron chi connectivity index (χ1n) is 1.32. The molecule has 0 bridgehead atoms. The molecule has 0 saturated carbocycles. The van der Waals surface area contributed by atoms with Crippen molar-refractivity contribution in [3.63, 3.8) is 0 Å². The van der Waals surface area contributed by atoms with Gasteiger partial charge in [-0.05, 0) is 0 Å². The minimum atomic E-state index is -2.40. The van der Waals surface area contributed by atoms with Gasteiger partial charge in [-0.15, -0.1) is 33.2 Å². The summed E-state index contributed by atoms with van der Waals surface area (Å²) in [6.45, 7) is 0. The fraction of sp³-hybridized carbons (Fsp3) is 0. The summed E-state index contributed by atoms with van der Waals surface area (Å²) >= 11 is 15.9. The Balaban J connectivity index is 3.17. The number of hydrogen-bond acceptors (Lipinski definition) is 1. The molecule has 0 aliphatic rings. The maximum atomic E-state index is 5.31. The Bertz CT molecular complexity index is 38.5. The molecular weight excluding hydrogens is 177 g/mol. The zero-order valence-electron chi connectivity index (χ0n) is 3.13. The van der Waals surface area contributed by atoms with Crippen molar-refractivity contribution in [3.05, 3.63) is 0 Å². The fourth-order valence-corrected chi connectivity index (χ4v) is 0. The van der Waals surface area contributed by atoms with Crippen LogP contribution >= 0.6 is 33.2 Å². The predicted octanol–water partition coefficient (Wildman–Crippen LogP) is 0.00840. The summed E-state index contributed by atoms with van der Waals surface area (Å²) in [5.41, 5.74) is 0. The number of hydrogen-bond donors (Lipinski definition) is 1. The number of nitrogens with one attached hydrogen (secondary N) is 1. The van der Waals surface area contributed by atoms with Gasteiger partial charge in [0.2, 0.25) is 0 Å². The third-order valence-electron chi connectivity index (χ3n) is 0.283. The second-order valence-electron chi connectivity index (χ2n) is 0.748. The first-order valence-corrected chi connectivity index (χ1v) is 7.35. The summed E-state index contributed by atoms with van der Waals surface area (Å²) in [6.07, 6.45) is -2.40. The standard InChI is InChI=1S/Cl3H4NSi2/c1-6(2,3)4-5/h4H,5H3. The maximum Gasteiger partial charge on any atom is 0.414 e. The number of halogens is 3. The second kappa shape index (κ2) is 2.54. The SMILES string of the molecule is [SiH3]N[Si](Cl)(Cl)Cl. The van der Waals surface area contributed by atoms with Crippen LogP contribution in [0.3, 0.4) is 0 Å². The van der Waals surface area contributed by atoms with E-state index in [1.165, 1.54) is 0 Å². The summed E-state index contributed by atoms with van der Waals surface area (Å²) in [5.74, 6) is 0. The van der Waals surface area contributed by atoms with E-state index in [-0.39, 0.29) is 0 Å². The zero-order valence-corrected chi connectivity index (χ0v) is 8.40. The predicted molar refractivity (Wildman–Crippen MR) is 36.4 cm³/mol. The van der Waals surface area contributed by atoms with Gasteiger partial charge in [-0.2, -0.15) is 0 Å². The van der Waals surface area contributed by atoms with E-state index in [2.05, 4.69) is 4.65 Å². The van der Waals surface area contributed by atoms with Gasteiger partial charge in [-0.25, -0.2) is 0 Å². The Labute approximate surface area is 54.7 Å². The van der Waals surface area contributed by atoms with Gasteiger partial charge in [0.25, 0.3) is 0 Å². The molecule has 38 valence electrons. The first-order chi connectivity index (χ1) is 2.56. The molecule has 0 aromatic carbocycles. The Morgan fingerprint density at radius 2 is 1.50 bits per heavy atom. The molecule has 0 atom stereocenters. The minimum Gasteiger partial charge on any atom is -0.331 e. The van der Waals surface area contributed by atoms with Crippen molar-refractivity contribution in [3.8, 4) is 0 Å². The van der Waals surface area contributed by atoms with Crippen LogP contribution < -0.4 is 4.65 Å². The van der Waals surface area contributed by atoms with Gasteiger partial charge in [0, 0.05) is 0 Å². The van der Waals surface area contributed by atoms with Crippen molar-refractivity contribution in [1.29, 1.82) is 0 Å². The van der Waals surface area contributed by atoms with Crippen molar-refractivity contribution in [2.45, 2.75) is 0 Å². The molecule has 0 fully saturated rings. The van der Waals surface area contributed by atoms with E-state index in [1.54, 1.807) is 0 Å². The Hall–Kier alpha value is 1.26. The highest BCUT2D eigenvalue weighted by molar-refractivity contribution is 7.64. The quantitative estimate of drug-likeness (QED) is 0.443. The maximum absolute atomic E-state index is 5.31. The van der Waals surface area contributed by atoms with Gasteiger partial charge in [0.15, 0.2) is 0 Å². The van der Waals surface area contributed by atoms with Crippen LogP contribution in [0.4, 0.5) is 0 Å². The van der Waals surface area contributed by atoms with Gasteiger partial charge in [-0.1, -0.05) is 0 Å². The van der Waals surface area contributed by atoms with E-state index in [9.17, 15) is 0 Å². The minimum absolute atomic E-state index is 0.764. The van der Waals surface area contributed by atoms with Gasteiger partial charge >= 0.3 is 6.16 Å². The monoisotopic (exact) mass is 179 g/mol. The summed E-state index contributed by atoms with van der Waals surface area (Å²) in [5, 5.41) is 0. The van der Waals surface area contributed by atoms with Crippen molar-refractivity contribution in [2.75, 3.05) is 0 Å². The van der Waals surface area contributed by atoms with Gasteiger partial charge in [0.1, 0.15) is 0 Å². The second-order valence-corrected chi connectivity index (χ2v) is 10.6. The molecule has 0 aliphatic carbocycles. The number of rotatable bonds is 1. The van der Waals surface area contributed by atoms with Crippen LogP contribution in [0.25, 0.3) is 0 Å². The van der Waals surface area contributed by atoms with E-state index in [1.807, 2.05) is 0 Å². The molecule has 1 N–H and O–H groups in total. The summed E-state index contributed by atoms with van der Waals surface area (Å²) in [6, 6.07) is 0. The van der Waals surface area contributed by atoms with Crippen molar-refractivity contribution >= 4 is 49.8 Å². The third-order valence-corrected chi connectivity index (χ3v) is 7.65. The molecule has 0 saturated heterocycles. The van der Waals surface area contributed by atoms with Crippen LogP contribution in [-0.4, -0.2) is 16.6 Å². The molecule has 0 heterocycles.